The van der Waals surface area contributed by atoms with Crippen molar-refractivity contribution in [3.05, 3.63) is 77.4 Å². The molecule has 31 heavy (non-hydrogen) atoms. The molecule has 1 fully saturated rings. The molecule has 2 N–H and O–H groups in total. The molecule has 5 nitrogen and oxygen atoms in total. The van der Waals surface area contributed by atoms with E-state index in [1.165, 1.54) is 0 Å². The fraction of sp³-hybridized carbons (Fsp3) is 0.400. The molecule has 1 saturated heterocycles. The van der Waals surface area contributed by atoms with E-state index in [4.69, 9.17) is 14.6 Å². The normalized spacial score (nSPS) is 20.4. The number of hydrogen-bond acceptors (Lipinski definition) is 4. The van der Waals surface area contributed by atoms with Gasteiger partial charge in [-0.05, 0) is 12.8 Å². The number of carbonyl (C=O) groups is 1. The van der Waals surface area contributed by atoms with Crippen molar-refractivity contribution in [3.8, 4) is 5.75 Å². The summed E-state index contributed by atoms with van der Waals surface area (Å²) in [5.41, 5.74) is 2.63. The molecule has 0 saturated carbocycles. The van der Waals surface area contributed by atoms with Gasteiger partial charge < -0.3 is 19.7 Å². The van der Waals surface area contributed by atoms with Crippen LogP contribution in [-0.4, -0.2) is 22.8 Å². The number of benzene rings is 2. The molecule has 6 heteroatoms. The van der Waals surface area contributed by atoms with E-state index in [1.807, 2.05) is 69.3 Å². The van der Waals surface area contributed by atoms with E-state index in [9.17, 15) is 9.90 Å². The van der Waals surface area contributed by atoms with Gasteiger partial charge >= 0.3 is 5.97 Å². The Labute approximate surface area is 210 Å². The van der Waals surface area contributed by atoms with Crippen molar-refractivity contribution in [2.45, 2.75) is 52.4 Å². The summed E-state index contributed by atoms with van der Waals surface area (Å²) in [6, 6.07) is 16.3. The van der Waals surface area contributed by atoms with Crippen LogP contribution in [0.15, 0.2) is 54.6 Å². The van der Waals surface area contributed by atoms with E-state index in [0.717, 1.165) is 11.1 Å². The van der Waals surface area contributed by atoms with Crippen molar-refractivity contribution in [1.29, 1.82) is 0 Å². The average molecular weight is 500 g/mol. The molecular formula is C25H31O5Y-. The maximum absolute atomic E-state index is 10.6. The second-order valence-electron chi connectivity index (χ2n) is 7.01. The van der Waals surface area contributed by atoms with E-state index in [-0.39, 0.29) is 56.9 Å². The fourth-order valence-corrected chi connectivity index (χ4v) is 3.32. The molecule has 0 amide bonds. The van der Waals surface area contributed by atoms with Crippen LogP contribution in [0.2, 0.25) is 0 Å². The Hall–Kier alpha value is -1.53. The third-order valence-electron chi connectivity index (χ3n) is 4.76. The molecule has 3 rings (SSSR count). The molecule has 165 valence electrons. The number of ether oxygens (including phenoxy) is 2. The van der Waals surface area contributed by atoms with Crippen LogP contribution >= 0.6 is 0 Å². The molecule has 0 aromatic heterocycles. The first kappa shape index (κ1) is 27.5. The Morgan fingerprint density at radius 3 is 2.61 bits per heavy atom. The number of aryl methyl sites for hydroxylation is 1. The van der Waals surface area contributed by atoms with Gasteiger partial charge in [0.2, 0.25) is 0 Å². The zero-order valence-corrected chi connectivity index (χ0v) is 21.3. The first-order chi connectivity index (χ1) is 14.5. The first-order valence-electron chi connectivity index (χ1n) is 10.4. The van der Waals surface area contributed by atoms with Crippen LogP contribution in [0.25, 0.3) is 0 Å². The van der Waals surface area contributed by atoms with Crippen LogP contribution < -0.4 is 0 Å². The minimum Gasteiger partial charge on any atom is -0.534 e. The molecule has 0 spiro atoms. The van der Waals surface area contributed by atoms with Gasteiger partial charge in [-0.25, -0.2) is 0 Å². The summed E-state index contributed by atoms with van der Waals surface area (Å²) in [6.07, 6.45) is 4.26. The summed E-state index contributed by atoms with van der Waals surface area (Å²) in [7, 11) is 0. The maximum Gasteiger partial charge on any atom is 0.303 e. The summed E-state index contributed by atoms with van der Waals surface area (Å²) >= 11 is 0. The summed E-state index contributed by atoms with van der Waals surface area (Å²) in [6.45, 7) is 6.43. The number of phenols is 1. The summed E-state index contributed by atoms with van der Waals surface area (Å²) in [4.78, 5) is 10.6. The zero-order valence-electron chi connectivity index (χ0n) is 18.5. The Balaban J connectivity index is 0.00000156. The maximum atomic E-state index is 10.6. The minimum absolute atomic E-state index is 0. The van der Waals surface area contributed by atoms with Crippen molar-refractivity contribution in [2.24, 2.45) is 5.92 Å². The van der Waals surface area contributed by atoms with Gasteiger partial charge in [0.15, 0.2) is 6.29 Å². The monoisotopic (exact) mass is 500 g/mol. The fourth-order valence-electron chi connectivity index (χ4n) is 3.32. The average Bonchev–Trinajstić information content (AvgIpc) is 2.77. The number of phenolic OH excluding ortho intramolecular Hbond substituents is 1. The number of allylic oxidation sites excluding steroid dienone is 2. The molecule has 0 bridgehead atoms. The largest absolute Gasteiger partial charge is 0.534 e. The van der Waals surface area contributed by atoms with Gasteiger partial charge in [0.1, 0.15) is 0 Å². The minimum atomic E-state index is -0.808. The van der Waals surface area contributed by atoms with Gasteiger partial charge in [-0.15, -0.1) is 6.07 Å². The molecule has 2 aromatic rings. The smallest absolute Gasteiger partial charge is 0.303 e. The second kappa shape index (κ2) is 14.5. The molecular weight excluding hydrogens is 469 g/mol. The van der Waals surface area contributed by atoms with E-state index in [0.29, 0.717) is 25.0 Å². The Morgan fingerprint density at radius 2 is 1.94 bits per heavy atom. The van der Waals surface area contributed by atoms with E-state index < -0.39 is 12.3 Å². The second-order valence-corrected chi connectivity index (χ2v) is 7.01. The van der Waals surface area contributed by atoms with Crippen LogP contribution in [0.5, 0.6) is 5.75 Å². The van der Waals surface area contributed by atoms with Crippen LogP contribution in [0.3, 0.4) is 0 Å². The van der Waals surface area contributed by atoms with Gasteiger partial charge in [0, 0.05) is 56.4 Å². The van der Waals surface area contributed by atoms with Gasteiger partial charge in [-0.1, -0.05) is 68.8 Å². The van der Waals surface area contributed by atoms with Gasteiger partial charge in [-0.3, -0.25) is 4.79 Å². The third-order valence-corrected chi connectivity index (χ3v) is 4.76. The molecule has 2 aromatic carbocycles. The molecule has 1 aliphatic rings. The van der Waals surface area contributed by atoms with Gasteiger partial charge in [0.05, 0.1) is 12.7 Å². The van der Waals surface area contributed by atoms with E-state index >= 15 is 0 Å². The molecule has 1 aliphatic heterocycles. The van der Waals surface area contributed by atoms with Crippen LogP contribution in [0.4, 0.5) is 0 Å². The van der Waals surface area contributed by atoms with Gasteiger partial charge in [-0.2, -0.15) is 17.7 Å². The van der Waals surface area contributed by atoms with Crippen LogP contribution in [0.1, 0.15) is 62.2 Å². The third kappa shape index (κ3) is 8.49. The molecule has 3 atom stereocenters. The first-order valence-corrected chi connectivity index (χ1v) is 10.4. The van der Waals surface area contributed by atoms with Gasteiger partial charge in [0.25, 0.3) is 0 Å². The summed E-state index contributed by atoms with van der Waals surface area (Å²) in [5.74, 6) is -0.718. The molecule has 0 unspecified atom stereocenters. The van der Waals surface area contributed by atoms with Crippen molar-refractivity contribution < 1.29 is 57.2 Å². The number of aliphatic carboxylic acids is 1. The van der Waals surface area contributed by atoms with Crippen molar-refractivity contribution in [1.82, 2.24) is 0 Å². The predicted molar refractivity (Wildman–Crippen MR) is 116 cm³/mol. The van der Waals surface area contributed by atoms with Crippen LogP contribution in [-0.2, 0) is 47.0 Å². The molecule has 0 aliphatic carbocycles. The standard InChI is InChI=1S/C23H25O5.C2H6.Y/c1-16-12-13-20(24)19(14-16)22-18(10-6-3-7-11-21(25)26)15-27-23(28-22)17-8-4-2-5-9-17;1-2;/h2-6,8-9,12,14,18,22-24H,7,10-11,15H2,1H3,(H,25,26);1-2H3;/q-1;;/b6-3-;;/t18-,22+,23+;;/m1../s1. The number of aromatic hydroxyl groups is 1. The quantitative estimate of drug-likeness (QED) is 0.375. The number of hydrogen-bond donors (Lipinski definition) is 2. The zero-order chi connectivity index (χ0) is 21.9. The Bertz CT molecular complexity index is 822. The summed E-state index contributed by atoms with van der Waals surface area (Å²) < 4.78 is 12.2. The summed E-state index contributed by atoms with van der Waals surface area (Å²) in [5, 5.41) is 19.1. The van der Waals surface area contributed by atoms with E-state index in [2.05, 4.69) is 6.07 Å². The number of rotatable bonds is 7. The Morgan fingerprint density at radius 1 is 1.23 bits per heavy atom. The SMILES string of the molecule is CC.Cc1c[c-]c(O)c([C@H]2O[C@@H](c3ccccc3)OC[C@H]2C/C=C\CCC(=O)O)c1.[Y]. The van der Waals surface area contributed by atoms with Crippen molar-refractivity contribution in [2.75, 3.05) is 6.61 Å². The molecule has 1 radical (unpaired) electrons. The number of carboxylic acid groups (broad SMARTS) is 1. The van der Waals surface area contributed by atoms with Crippen molar-refractivity contribution in [3.63, 3.8) is 0 Å². The van der Waals surface area contributed by atoms with E-state index in [1.54, 1.807) is 6.07 Å². The van der Waals surface area contributed by atoms with Crippen molar-refractivity contribution >= 4 is 5.97 Å². The topological polar surface area (TPSA) is 76.0 Å². The predicted octanol–water partition coefficient (Wildman–Crippen LogP) is 5.74. The molecule has 1 heterocycles. The number of carboxylic acids is 1. The van der Waals surface area contributed by atoms with Crippen LogP contribution in [0, 0.1) is 18.9 Å². The Kier molecular flexibility index (Phi) is 12.9.